The molecule has 0 aromatic carbocycles. The van der Waals surface area contributed by atoms with E-state index in [4.69, 9.17) is 79.3 Å². The molecule has 7 amide bonds. The molecule has 1 saturated heterocycles. The molecule has 1 fully saturated rings. The molecule has 2 aromatic heterocycles. The van der Waals surface area contributed by atoms with Crippen LogP contribution in [0.25, 0.3) is 11.2 Å². The lowest BCUT2D eigenvalue weighted by Crippen LogP contribution is -2.59. The molecule has 42 nitrogen and oxygen atoms in total. The highest BCUT2D eigenvalue weighted by atomic mass is 16.6. The van der Waals surface area contributed by atoms with Crippen LogP contribution in [0.15, 0.2) is 42.6 Å². The molecule has 0 radical (unpaired) electrons. The second-order valence-electron chi connectivity index (χ2n) is 21.6. The first kappa shape index (κ1) is 77.9. The maximum Gasteiger partial charge on any atom is 0.326 e. The van der Waals surface area contributed by atoms with E-state index in [1.807, 2.05) is 0 Å². The normalized spacial score (nSPS) is 16.7. The first-order valence-electron chi connectivity index (χ1n) is 30.2. The topological polar surface area (TPSA) is 747 Å². The summed E-state index contributed by atoms with van der Waals surface area (Å²) in [7, 11) is 0. The minimum Gasteiger partial charge on any atom is -0.480 e. The van der Waals surface area contributed by atoms with Crippen molar-refractivity contribution in [3.63, 3.8) is 0 Å². The molecule has 94 heavy (non-hydrogen) atoms. The van der Waals surface area contributed by atoms with Gasteiger partial charge in [-0.1, -0.05) is 6.42 Å². The fourth-order valence-electron chi connectivity index (χ4n) is 9.31. The largest absolute Gasteiger partial charge is 0.480 e. The molecule has 10 atom stereocenters. The van der Waals surface area contributed by atoms with Gasteiger partial charge in [0.1, 0.15) is 60.3 Å². The Morgan fingerprint density at radius 1 is 0.468 bits per heavy atom. The predicted molar refractivity (Wildman–Crippen MR) is 346 cm³/mol. The van der Waals surface area contributed by atoms with Gasteiger partial charge in [-0.15, -0.1) is 0 Å². The van der Waals surface area contributed by atoms with Crippen molar-refractivity contribution in [2.45, 2.75) is 164 Å². The summed E-state index contributed by atoms with van der Waals surface area (Å²) >= 11 is 0. The van der Waals surface area contributed by atoms with Crippen LogP contribution in [0.2, 0.25) is 0 Å². The molecule has 1 aliphatic heterocycles. The van der Waals surface area contributed by atoms with Crippen molar-refractivity contribution in [2.75, 3.05) is 51.5 Å². The Hall–Kier alpha value is -10.4. The lowest BCUT2D eigenvalue weighted by molar-refractivity contribution is -0.142. The maximum absolute atomic E-state index is 14.6. The van der Waals surface area contributed by atoms with Crippen molar-refractivity contribution < 1.29 is 58.4 Å². The summed E-state index contributed by atoms with van der Waals surface area (Å²) in [6.45, 7) is 0.132. The smallest absolute Gasteiger partial charge is 0.326 e. The number of aliphatic carboxylic acids is 1. The molecule has 1 unspecified atom stereocenters. The van der Waals surface area contributed by atoms with Gasteiger partial charge >= 0.3 is 5.97 Å². The van der Waals surface area contributed by atoms with Gasteiger partial charge in [-0.3, -0.25) is 68.1 Å². The number of hydrogen-bond donors (Lipinski definition) is 23. The van der Waals surface area contributed by atoms with Crippen molar-refractivity contribution in [3.05, 3.63) is 12.7 Å². The summed E-state index contributed by atoms with van der Waals surface area (Å²) in [6.07, 6.45) is -2.51. The van der Waals surface area contributed by atoms with Crippen LogP contribution >= 0.6 is 0 Å². The predicted octanol–water partition coefficient (Wildman–Crippen LogP) is -9.98. The zero-order chi connectivity index (χ0) is 69.9. The summed E-state index contributed by atoms with van der Waals surface area (Å²) in [6, 6.07) is -8.57. The van der Waals surface area contributed by atoms with E-state index in [1.54, 1.807) is 0 Å². The summed E-state index contributed by atoms with van der Waals surface area (Å²) in [5, 5.41) is 49.9. The van der Waals surface area contributed by atoms with Crippen LogP contribution in [0.5, 0.6) is 0 Å². The number of guanidine groups is 6. The molecule has 2 aromatic rings. The van der Waals surface area contributed by atoms with E-state index in [9.17, 15) is 53.7 Å². The SMILES string of the molecule is NC(N)=NCCC[C@@H](NC(=O)[C@@H](CCCN=C(N)N)NC(=O)[C@@H](CCCN=C(N)N)NC(=O)[C@@H](CCCN=C(N)N)NC(=O)[C@@H](CCCN=C(N)N)NC(=O)[C@@H](CCCN=C(N)N)NC(=O)CCCCCNC(=O)[C@H]1OC(n2cnc3c(N)ncnc32)[C@H](O)[C@@H]1O)C(=O)O. The van der Waals surface area contributed by atoms with Gasteiger partial charge in [0.2, 0.25) is 35.4 Å². The lowest BCUT2D eigenvalue weighted by Gasteiger charge is -2.27. The number of rotatable bonds is 44. The molecule has 3 heterocycles. The minimum atomic E-state index is -1.61. The Bertz CT molecular complexity index is 2990. The third-order valence-electron chi connectivity index (χ3n) is 14.0. The lowest BCUT2D eigenvalue weighted by atomic mass is 10.0. The zero-order valence-electron chi connectivity index (χ0n) is 52.2. The third kappa shape index (κ3) is 28.8. The molecule has 42 heteroatoms. The number of carbonyl (C=O) groups is 8. The molecular formula is C52H94N30O12. The van der Waals surface area contributed by atoms with Crippen LogP contribution in [0.4, 0.5) is 5.82 Å². The van der Waals surface area contributed by atoms with Gasteiger partial charge < -0.3 is 132 Å². The van der Waals surface area contributed by atoms with Gasteiger partial charge in [-0.05, 0) is 89.9 Å². The van der Waals surface area contributed by atoms with E-state index < -0.39 is 108 Å². The molecule has 524 valence electrons. The highest BCUT2D eigenvalue weighted by molar-refractivity contribution is 5.97. The van der Waals surface area contributed by atoms with Gasteiger partial charge in [0, 0.05) is 52.2 Å². The van der Waals surface area contributed by atoms with Crippen LogP contribution in [0.1, 0.15) is 109 Å². The fourth-order valence-corrected chi connectivity index (χ4v) is 9.31. The second-order valence-corrected chi connectivity index (χ2v) is 21.6. The summed E-state index contributed by atoms with van der Waals surface area (Å²) in [5.41, 5.74) is 72.5. The number of nitrogens with two attached hydrogens (primary N) is 13. The Kier molecular flexibility index (Phi) is 34.1. The van der Waals surface area contributed by atoms with Crippen molar-refractivity contribution in [3.8, 4) is 0 Å². The van der Waals surface area contributed by atoms with Crippen molar-refractivity contribution in [2.24, 2.45) is 98.8 Å². The quantitative estimate of drug-likeness (QED) is 0.0166. The van der Waals surface area contributed by atoms with Crippen LogP contribution in [0, 0.1) is 0 Å². The minimum absolute atomic E-state index is 0.00292. The Morgan fingerprint density at radius 3 is 1.18 bits per heavy atom. The number of anilines is 1. The number of aliphatic imine (C=N–C) groups is 6. The number of nitrogen functional groups attached to an aromatic ring is 1. The second kappa shape index (κ2) is 41.2. The van der Waals surface area contributed by atoms with Crippen LogP contribution in [0.3, 0.4) is 0 Å². The van der Waals surface area contributed by atoms with E-state index in [-0.39, 0.29) is 188 Å². The summed E-state index contributed by atoms with van der Waals surface area (Å²) in [5.74, 6) is -8.60. The highest BCUT2D eigenvalue weighted by Gasteiger charge is 2.48. The monoisotopic (exact) mass is 1330 g/mol. The number of aliphatic hydroxyl groups excluding tert-OH is 2. The molecular weight excluding hydrogens is 1240 g/mol. The zero-order valence-corrected chi connectivity index (χ0v) is 52.2. The number of aromatic nitrogens is 4. The molecule has 1 aliphatic rings. The van der Waals surface area contributed by atoms with Gasteiger partial charge in [-0.25, -0.2) is 19.7 Å². The Labute approximate surface area is 540 Å². The first-order valence-corrected chi connectivity index (χ1v) is 30.2. The average molecular weight is 1330 g/mol. The van der Waals surface area contributed by atoms with E-state index in [2.05, 4.69) is 82.1 Å². The van der Waals surface area contributed by atoms with E-state index in [0.717, 1.165) is 0 Å². The number of hydrogen-bond acceptors (Lipinski definition) is 21. The number of amides is 7. The highest BCUT2D eigenvalue weighted by Crippen LogP contribution is 2.32. The number of carbonyl (C=O) groups excluding carboxylic acids is 7. The summed E-state index contributed by atoms with van der Waals surface area (Å²) in [4.78, 5) is 146. The number of aliphatic hydroxyl groups is 2. The number of unbranched alkanes of at least 4 members (excludes halogenated alkanes) is 2. The van der Waals surface area contributed by atoms with Crippen molar-refractivity contribution >= 4 is 100 Å². The number of ether oxygens (including phenoxy) is 1. The number of carboxylic acids is 1. The average Bonchev–Trinajstić information content (AvgIpc) is 1.62. The summed E-state index contributed by atoms with van der Waals surface area (Å²) < 4.78 is 7.08. The van der Waals surface area contributed by atoms with Crippen LogP contribution < -0.4 is 112 Å². The van der Waals surface area contributed by atoms with Gasteiger partial charge in [-0.2, -0.15) is 0 Å². The third-order valence-corrected chi connectivity index (χ3v) is 14.0. The van der Waals surface area contributed by atoms with E-state index in [1.165, 1.54) is 17.2 Å². The molecule has 0 saturated carbocycles. The van der Waals surface area contributed by atoms with E-state index >= 15 is 0 Å². The Balaban J connectivity index is 1.84. The maximum atomic E-state index is 14.6. The molecule has 0 aliphatic carbocycles. The van der Waals surface area contributed by atoms with Gasteiger partial charge in [0.15, 0.2) is 59.6 Å². The van der Waals surface area contributed by atoms with Crippen LogP contribution in [-0.2, 0) is 43.1 Å². The number of imidazole rings is 1. The molecule has 0 bridgehead atoms. The molecule has 3 rings (SSSR count). The number of nitrogens with one attached hydrogen (secondary N) is 7. The number of nitrogens with zero attached hydrogens (tertiary/aromatic N) is 10. The molecule has 0 spiro atoms. The van der Waals surface area contributed by atoms with Gasteiger partial charge in [0.05, 0.1) is 6.33 Å². The fraction of sp³-hybridized carbons (Fsp3) is 0.635. The number of carboxylic acid groups (broad SMARTS) is 1. The number of fused-ring (bicyclic) bond motifs is 1. The van der Waals surface area contributed by atoms with Crippen molar-refractivity contribution in [1.29, 1.82) is 0 Å². The van der Waals surface area contributed by atoms with Crippen molar-refractivity contribution in [1.82, 2.24) is 56.7 Å². The Morgan fingerprint density at radius 2 is 0.819 bits per heavy atom. The van der Waals surface area contributed by atoms with E-state index in [0.29, 0.717) is 12.8 Å². The first-order chi connectivity index (χ1) is 44.6. The molecule has 36 N–H and O–H groups in total. The van der Waals surface area contributed by atoms with Crippen LogP contribution in [-0.4, -0.2) is 218 Å². The van der Waals surface area contributed by atoms with Gasteiger partial charge in [0.25, 0.3) is 5.91 Å². The standard InChI is InChI=1S/C52H94N30O12/c53-37-33-38(74-24-73-37)82(25-75-33)45-35(85)34(84)36(94-45)44(91)66-17-3-1-2-16-32(83)76-26(10-4-18-67-47(54)55)39(86)77-27(11-5-19-68-48(56)57)40(87)78-28(12-6-20-69-49(58)59)41(88)79-29(13-7-21-70-50(60)61)42(89)80-30(14-8-22-71-51(62)63)43(90)81-31(46(92)93)15-9-23-72-52(64)65/h24-31,34-36,45,84-85H,1-23H2,(H,66,91)(H,76,83)(H,77,86)(H,78,87)(H,79,88)(H,80,89)(H,81,90)(H,92,93)(H2,53,73,74)(H4,54,55,67)(H4,56,57,68)(H4,58,59,69)(H4,60,61,70)(H4,62,63,71)(H4,64,65,72)/t26-,27-,28-,29-,30-,31-,34+,35-,36+,45?/m1/s1.